The van der Waals surface area contributed by atoms with E-state index in [9.17, 15) is 0 Å². The van der Waals surface area contributed by atoms with Crippen LogP contribution in [0.3, 0.4) is 0 Å². The summed E-state index contributed by atoms with van der Waals surface area (Å²) in [6.07, 6.45) is 7.05. The second kappa shape index (κ2) is 3.80. The number of hydrogen-bond donors (Lipinski definition) is 0. The highest BCUT2D eigenvalue weighted by Gasteiger charge is 2.13. The molecular formula is C10H19N. The van der Waals surface area contributed by atoms with Crippen molar-refractivity contribution in [2.75, 3.05) is 6.54 Å². The van der Waals surface area contributed by atoms with Crippen LogP contribution in [0.25, 0.3) is 0 Å². The molecule has 1 heterocycles. The van der Waals surface area contributed by atoms with Crippen molar-refractivity contribution in [2.24, 2.45) is 5.92 Å². The quantitative estimate of drug-likeness (QED) is 0.602. The normalized spacial score (nSPS) is 19.8. The smallest absolute Gasteiger partial charge is 0.0258 e. The van der Waals surface area contributed by atoms with Crippen molar-refractivity contribution in [1.82, 2.24) is 4.90 Å². The highest BCUT2D eigenvalue weighted by Crippen LogP contribution is 2.15. The van der Waals surface area contributed by atoms with Gasteiger partial charge in [0.25, 0.3) is 0 Å². The van der Waals surface area contributed by atoms with Gasteiger partial charge in [-0.3, -0.25) is 0 Å². The van der Waals surface area contributed by atoms with Crippen LogP contribution in [-0.4, -0.2) is 17.5 Å². The molecule has 0 spiro atoms. The lowest BCUT2D eigenvalue weighted by Gasteiger charge is -2.25. The molecule has 0 aromatic rings. The van der Waals surface area contributed by atoms with E-state index in [2.05, 4.69) is 37.9 Å². The molecule has 0 amide bonds. The van der Waals surface area contributed by atoms with Gasteiger partial charge in [-0.1, -0.05) is 19.9 Å². The summed E-state index contributed by atoms with van der Waals surface area (Å²) in [5.74, 6) is 0.819. The fourth-order valence-corrected chi connectivity index (χ4v) is 1.69. The molecule has 11 heavy (non-hydrogen) atoms. The van der Waals surface area contributed by atoms with Crippen LogP contribution in [-0.2, 0) is 0 Å². The molecule has 1 heteroatoms. The minimum absolute atomic E-state index is 0.730. The molecule has 1 nitrogen and oxygen atoms in total. The summed E-state index contributed by atoms with van der Waals surface area (Å²) < 4.78 is 0. The van der Waals surface area contributed by atoms with Gasteiger partial charge < -0.3 is 4.90 Å². The number of rotatable bonds is 3. The molecule has 0 radical (unpaired) electrons. The number of nitrogens with zero attached hydrogens (tertiary/aromatic N) is 1. The number of hydrogen-bond acceptors (Lipinski definition) is 1. The summed E-state index contributed by atoms with van der Waals surface area (Å²) in [5.41, 5.74) is 0. The van der Waals surface area contributed by atoms with Crippen molar-refractivity contribution in [3.8, 4) is 0 Å². The van der Waals surface area contributed by atoms with Gasteiger partial charge in [0.15, 0.2) is 0 Å². The van der Waals surface area contributed by atoms with E-state index in [1.165, 1.54) is 19.4 Å². The minimum atomic E-state index is 0.730. The summed E-state index contributed by atoms with van der Waals surface area (Å²) in [6.45, 7) is 8.12. The molecule has 1 unspecified atom stereocenters. The first-order chi connectivity index (χ1) is 5.20. The predicted molar refractivity (Wildman–Crippen MR) is 49.4 cm³/mol. The molecule has 0 fully saturated rings. The van der Waals surface area contributed by atoms with Gasteiger partial charge in [0.2, 0.25) is 0 Å². The Morgan fingerprint density at radius 2 is 2.09 bits per heavy atom. The zero-order chi connectivity index (χ0) is 8.27. The molecule has 0 aromatic carbocycles. The molecular weight excluding hydrogens is 134 g/mol. The lowest BCUT2D eigenvalue weighted by Crippen LogP contribution is -2.27. The monoisotopic (exact) mass is 153 g/mol. The van der Waals surface area contributed by atoms with E-state index >= 15 is 0 Å². The van der Waals surface area contributed by atoms with E-state index < -0.39 is 0 Å². The summed E-state index contributed by atoms with van der Waals surface area (Å²) in [7, 11) is 0. The molecule has 0 N–H and O–H groups in total. The predicted octanol–water partition coefficient (Wildman–Crippen LogP) is 2.64. The van der Waals surface area contributed by atoms with E-state index in [-0.39, 0.29) is 0 Å². The largest absolute Gasteiger partial charge is 0.375 e. The summed E-state index contributed by atoms with van der Waals surface area (Å²) in [4.78, 5) is 2.44. The Hall–Kier alpha value is -0.460. The molecule has 0 aliphatic carbocycles. The first-order valence-corrected chi connectivity index (χ1v) is 4.62. The Bertz CT molecular complexity index is 138. The van der Waals surface area contributed by atoms with Crippen LogP contribution >= 0.6 is 0 Å². The zero-order valence-electron chi connectivity index (χ0n) is 7.88. The Kier molecular flexibility index (Phi) is 2.98. The second-order valence-corrected chi connectivity index (χ2v) is 3.89. The topological polar surface area (TPSA) is 3.24 Å². The molecule has 0 bridgehead atoms. The van der Waals surface area contributed by atoms with Gasteiger partial charge in [-0.05, 0) is 31.9 Å². The maximum atomic E-state index is 2.44. The third-order valence-corrected chi connectivity index (χ3v) is 2.23. The van der Waals surface area contributed by atoms with Gasteiger partial charge in [0.1, 0.15) is 0 Å². The SMILES string of the molecule is CC(C)CC(C)N1C=CCC1. The standard InChI is InChI=1S/C10H19N/c1-9(2)8-10(3)11-6-4-5-7-11/h4,6,9-10H,5,7-8H2,1-3H3. The first kappa shape index (κ1) is 8.63. The van der Waals surface area contributed by atoms with Crippen molar-refractivity contribution in [2.45, 2.75) is 39.7 Å². The van der Waals surface area contributed by atoms with E-state index in [4.69, 9.17) is 0 Å². The lowest BCUT2D eigenvalue weighted by atomic mass is 10.0. The van der Waals surface area contributed by atoms with Crippen LogP contribution in [0.1, 0.15) is 33.6 Å². The molecule has 0 saturated heterocycles. The fourth-order valence-electron chi connectivity index (χ4n) is 1.69. The summed E-state index contributed by atoms with van der Waals surface area (Å²) >= 11 is 0. The highest BCUT2D eigenvalue weighted by atomic mass is 15.1. The third-order valence-electron chi connectivity index (χ3n) is 2.23. The maximum absolute atomic E-state index is 2.44. The Balaban J connectivity index is 2.28. The van der Waals surface area contributed by atoms with Crippen molar-refractivity contribution < 1.29 is 0 Å². The molecule has 1 aliphatic heterocycles. The summed E-state index contributed by atoms with van der Waals surface area (Å²) in [6, 6.07) is 0.730. The van der Waals surface area contributed by atoms with Gasteiger partial charge >= 0.3 is 0 Å². The van der Waals surface area contributed by atoms with Crippen molar-refractivity contribution in [3.05, 3.63) is 12.3 Å². The maximum Gasteiger partial charge on any atom is 0.0258 e. The van der Waals surface area contributed by atoms with Crippen molar-refractivity contribution in [1.29, 1.82) is 0 Å². The average molecular weight is 153 g/mol. The van der Waals surface area contributed by atoms with Gasteiger partial charge in [-0.2, -0.15) is 0 Å². The van der Waals surface area contributed by atoms with Crippen LogP contribution in [0, 0.1) is 5.92 Å². The molecule has 0 aromatic heterocycles. The van der Waals surface area contributed by atoms with Crippen LogP contribution in [0.2, 0.25) is 0 Å². The van der Waals surface area contributed by atoms with Crippen LogP contribution < -0.4 is 0 Å². The van der Waals surface area contributed by atoms with E-state index in [0.29, 0.717) is 0 Å². The molecule has 1 aliphatic rings. The molecule has 0 saturated carbocycles. The Morgan fingerprint density at radius 3 is 2.55 bits per heavy atom. The average Bonchev–Trinajstić information content (AvgIpc) is 2.35. The minimum Gasteiger partial charge on any atom is -0.375 e. The second-order valence-electron chi connectivity index (χ2n) is 3.89. The van der Waals surface area contributed by atoms with Crippen LogP contribution in [0.15, 0.2) is 12.3 Å². The van der Waals surface area contributed by atoms with E-state index in [1.807, 2.05) is 0 Å². The fraction of sp³-hybridized carbons (Fsp3) is 0.800. The van der Waals surface area contributed by atoms with Crippen LogP contribution in [0.4, 0.5) is 0 Å². The Morgan fingerprint density at radius 1 is 1.36 bits per heavy atom. The highest BCUT2D eigenvalue weighted by molar-refractivity contribution is 4.93. The first-order valence-electron chi connectivity index (χ1n) is 4.62. The third kappa shape index (κ3) is 2.57. The molecule has 64 valence electrons. The van der Waals surface area contributed by atoms with Crippen molar-refractivity contribution >= 4 is 0 Å². The molecule has 1 atom stereocenters. The van der Waals surface area contributed by atoms with E-state index in [1.54, 1.807) is 0 Å². The Labute approximate surface area is 70.1 Å². The van der Waals surface area contributed by atoms with Gasteiger partial charge in [-0.15, -0.1) is 0 Å². The van der Waals surface area contributed by atoms with Gasteiger partial charge in [-0.25, -0.2) is 0 Å². The summed E-state index contributed by atoms with van der Waals surface area (Å²) in [5, 5.41) is 0. The van der Waals surface area contributed by atoms with Gasteiger partial charge in [0.05, 0.1) is 0 Å². The lowest BCUT2D eigenvalue weighted by molar-refractivity contribution is 0.276. The van der Waals surface area contributed by atoms with Crippen molar-refractivity contribution in [3.63, 3.8) is 0 Å². The van der Waals surface area contributed by atoms with Crippen LogP contribution in [0.5, 0.6) is 0 Å². The van der Waals surface area contributed by atoms with Gasteiger partial charge in [0, 0.05) is 12.6 Å². The zero-order valence-corrected chi connectivity index (χ0v) is 7.88. The van der Waals surface area contributed by atoms with E-state index in [0.717, 1.165) is 12.0 Å². The molecule has 1 rings (SSSR count).